The lowest BCUT2D eigenvalue weighted by Crippen LogP contribution is -2.52. The van der Waals surface area contributed by atoms with Crippen molar-refractivity contribution in [2.24, 2.45) is 0 Å². The molecule has 0 aliphatic carbocycles. The quantitative estimate of drug-likeness (QED) is 0.403. The fraction of sp³-hybridized carbons (Fsp3) is 0.588. The van der Waals surface area contributed by atoms with E-state index in [1.165, 1.54) is 18.9 Å². The van der Waals surface area contributed by atoms with E-state index in [0.717, 1.165) is 4.90 Å². The summed E-state index contributed by atoms with van der Waals surface area (Å²) in [4.78, 5) is 12.4. The summed E-state index contributed by atoms with van der Waals surface area (Å²) in [5.74, 6) is -0.331. The van der Waals surface area contributed by atoms with E-state index in [-0.39, 0.29) is 17.5 Å². The number of aliphatic hydroxyl groups is 1. The van der Waals surface area contributed by atoms with Crippen LogP contribution in [0.25, 0.3) is 0 Å². The Morgan fingerprint density at radius 3 is 2.33 bits per heavy atom. The number of hydrogen-bond donors (Lipinski definition) is 2. The molecule has 0 fully saturated rings. The standard InChI is InChI=1S/C17H27BO5S/c1-16(2,20)17(3,4)23-18(21)14(11-12-15(19)22-5)24-13-9-7-6-8-10-13/h6-10,14,20-21H,11-12H2,1-5H3. The highest BCUT2D eigenvalue weighted by Crippen LogP contribution is 2.32. The van der Waals surface area contributed by atoms with Gasteiger partial charge in [-0.05, 0) is 46.2 Å². The van der Waals surface area contributed by atoms with Crippen LogP contribution in [-0.2, 0) is 14.2 Å². The summed E-state index contributed by atoms with van der Waals surface area (Å²) in [6.45, 7) is 6.71. The van der Waals surface area contributed by atoms with Gasteiger partial charge in [-0.25, -0.2) is 0 Å². The van der Waals surface area contributed by atoms with Gasteiger partial charge in [0.2, 0.25) is 0 Å². The van der Waals surface area contributed by atoms with Crippen molar-refractivity contribution in [3.8, 4) is 0 Å². The van der Waals surface area contributed by atoms with Crippen molar-refractivity contribution in [2.45, 2.75) is 61.8 Å². The zero-order valence-electron chi connectivity index (χ0n) is 15.0. The van der Waals surface area contributed by atoms with Gasteiger partial charge in [0.25, 0.3) is 0 Å². The number of carbonyl (C=O) groups excluding carboxylic acids is 1. The van der Waals surface area contributed by atoms with E-state index in [0.29, 0.717) is 6.42 Å². The molecular weight excluding hydrogens is 327 g/mol. The number of methoxy groups -OCH3 is 1. The first-order chi connectivity index (χ1) is 11.1. The summed E-state index contributed by atoms with van der Waals surface area (Å²) >= 11 is 1.44. The zero-order valence-corrected chi connectivity index (χ0v) is 15.8. The van der Waals surface area contributed by atoms with Crippen LogP contribution in [0, 0.1) is 0 Å². The number of thioether (sulfide) groups is 1. The molecule has 134 valence electrons. The molecule has 5 nitrogen and oxygen atoms in total. The van der Waals surface area contributed by atoms with Crippen LogP contribution >= 0.6 is 11.8 Å². The number of rotatable bonds is 9. The van der Waals surface area contributed by atoms with Crippen LogP contribution < -0.4 is 0 Å². The van der Waals surface area contributed by atoms with Crippen molar-refractivity contribution in [3.05, 3.63) is 30.3 Å². The third-order valence-corrected chi connectivity index (χ3v) is 5.41. The summed E-state index contributed by atoms with van der Waals surface area (Å²) in [6, 6.07) is 9.60. The molecule has 1 unspecified atom stereocenters. The molecule has 1 rings (SSSR count). The van der Waals surface area contributed by atoms with Crippen molar-refractivity contribution < 1.29 is 24.3 Å². The van der Waals surface area contributed by atoms with Crippen LogP contribution in [0.4, 0.5) is 0 Å². The van der Waals surface area contributed by atoms with Crippen LogP contribution in [0.3, 0.4) is 0 Å². The van der Waals surface area contributed by atoms with E-state index in [1.54, 1.807) is 27.7 Å². The van der Waals surface area contributed by atoms with E-state index in [4.69, 9.17) is 4.65 Å². The lowest BCUT2D eigenvalue weighted by Gasteiger charge is -2.39. The number of esters is 1. The van der Waals surface area contributed by atoms with Crippen LogP contribution in [0.15, 0.2) is 35.2 Å². The minimum absolute atomic E-state index is 0.185. The molecule has 7 heteroatoms. The van der Waals surface area contributed by atoms with Gasteiger partial charge in [-0.3, -0.25) is 4.79 Å². The molecule has 0 aromatic heterocycles. The maximum Gasteiger partial charge on any atom is 0.468 e. The van der Waals surface area contributed by atoms with E-state index in [1.807, 2.05) is 30.3 Å². The molecule has 0 spiro atoms. The molecule has 1 aromatic rings. The van der Waals surface area contributed by atoms with Gasteiger partial charge in [-0.2, -0.15) is 0 Å². The normalized spacial score (nSPS) is 13.5. The molecule has 0 saturated carbocycles. The van der Waals surface area contributed by atoms with Gasteiger partial charge in [0.1, 0.15) is 0 Å². The van der Waals surface area contributed by atoms with Gasteiger partial charge in [-0.1, -0.05) is 18.2 Å². The van der Waals surface area contributed by atoms with Crippen LogP contribution in [0.2, 0.25) is 0 Å². The smallest absolute Gasteiger partial charge is 0.468 e. The van der Waals surface area contributed by atoms with Crippen molar-refractivity contribution >= 4 is 24.8 Å². The molecule has 2 N–H and O–H groups in total. The summed E-state index contributed by atoms with van der Waals surface area (Å²) < 4.78 is 10.4. The van der Waals surface area contributed by atoms with Gasteiger partial charge >= 0.3 is 13.1 Å². The minimum Gasteiger partial charge on any atom is -0.469 e. The summed E-state index contributed by atoms with van der Waals surface area (Å²) in [5, 5.41) is 20.4. The molecule has 0 amide bonds. The van der Waals surface area contributed by atoms with E-state index >= 15 is 0 Å². The maximum absolute atomic E-state index is 11.4. The molecule has 1 atom stereocenters. The zero-order chi connectivity index (χ0) is 18.4. The predicted octanol–water partition coefficient (Wildman–Crippen LogP) is 2.69. The van der Waals surface area contributed by atoms with Gasteiger partial charge < -0.3 is 19.5 Å². The Hall–Kier alpha value is -1.02. The third-order valence-electron chi connectivity index (χ3n) is 4.10. The summed E-state index contributed by atoms with van der Waals surface area (Å²) in [5.41, 5.74) is -2.08. The number of carbonyl (C=O) groups is 1. The second kappa shape index (κ2) is 8.90. The average molecular weight is 354 g/mol. The Labute approximate surface area is 148 Å². The van der Waals surface area contributed by atoms with E-state index < -0.39 is 18.3 Å². The van der Waals surface area contributed by atoms with Gasteiger partial charge in [-0.15, -0.1) is 11.8 Å². The molecule has 0 heterocycles. The van der Waals surface area contributed by atoms with Gasteiger partial charge in [0, 0.05) is 16.5 Å². The molecular formula is C17H27BO5S. The highest BCUT2D eigenvalue weighted by atomic mass is 32.2. The largest absolute Gasteiger partial charge is 0.469 e. The first kappa shape index (κ1) is 21.0. The number of benzene rings is 1. The Balaban J connectivity index is 2.84. The monoisotopic (exact) mass is 354 g/mol. The van der Waals surface area contributed by atoms with Crippen molar-refractivity contribution in [3.63, 3.8) is 0 Å². The number of ether oxygens (including phenoxy) is 1. The Bertz CT molecular complexity index is 515. The van der Waals surface area contributed by atoms with Crippen LogP contribution in [0.1, 0.15) is 40.5 Å². The van der Waals surface area contributed by atoms with Gasteiger partial charge in [0.05, 0.1) is 18.3 Å². The van der Waals surface area contributed by atoms with Crippen molar-refractivity contribution in [1.29, 1.82) is 0 Å². The fourth-order valence-corrected chi connectivity index (χ4v) is 2.89. The topological polar surface area (TPSA) is 76.0 Å². The van der Waals surface area contributed by atoms with E-state index in [9.17, 15) is 14.9 Å². The molecule has 0 saturated heterocycles. The minimum atomic E-state index is -1.14. The van der Waals surface area contributed by atoms with Crippen molar-refractivity contribution in [2.75, 3.05) is 7.11 Å². The Morgan fingerprint density at radius 1 is 1.25 bits per heavy atom. The third kappa shape index (κ3) is 6.47. The predicted molar refractivity (Wildman–Crippen MR) is 96.8 cm³/mol. The maximum atomic E-state index is 11.4. The highest BCUT2D eigenvalue weighted by Gasteiger charge is 2.41. The molecule has 1 aromatic carbocycles. The summed E-state index contributed by atoms with van der Waals surface area (Å²) in [7, 11) is 0.202. The lowest BCUT2D eigenvalue weighted by atomic mass is 9.78. The van der Waals surface area contributed by atoms with Crippen LogP contribution in [0.5, 0.6) is 0 Å². The summed E-state index contributed by atoms with van der Waals surface area (Å²) in [6.07, 6.45) is 0.583. The Morgan fingerprint density at radius 2 is 1.83 bits per heavy atom. The fourth-order valence-electron chi connectivity index (χ4n) is 1.82. The molecule has 0 radical (unpaired) electrons. The van der Waals surface area contributed by atoms with Gasteiger partial charge in [0.15, 0.2) is 0 Å². The lowest BCUT2D eigenvalue weighted by molar-refractivity contribution is -0.140. The average Bonchev–Trinajstić information content (AvgIpc) is 2.50. The number of hydrogen-bond acceptors (Lipinski definition) is 6. The van der Waals surface area contributed by atoms with Crippen LogP contribution in [-0.4, -0.2) is 46.7 Å². The van der Waals surface area contributed by atoms with Crippen molar-refractivity contribution in [1.82, 2.24) is 0 Å². The van der Waals surface area contributed by atoms with E-state index in [2.05, 4.69) is 4.74 Å². The molecule has 0 aliphatic rings. The molecule has 0 aliphatic heterocycles. The first-order valence-corrected chi connectivity index (χ1v) is 8.81. The molecule has 0 bridgehead atoms. The first-order valence-electron chi connectivity index (χ1n) is 7.93. The SMILES string of the molecule is COC(=O)CCC(Sc1ccccc1)B(O)OC(C)(C)C(C)(C)O. The second-order valence-electron chi connectivity index (χ2n) is 6.66. The molecule has 24 heavy (non-hydrogen) atoms. The highest BCUT2D eigenvalue weighted by molar-refractivity contribution is 8.01. The Kier molecular flexibility index (Phi) is 7.80. The second-order valence-corrected chi connectivity index (χ2v) is 7.97.